The fraction of sp³-hybridized carbons (Fsp3) is 0.208. The van der Waals surface area contributed by atoms with E-state index in [4.69, 9.17) is 17.0 Å². The van der Waals surface area contributed by atoms with Gasteiger partial charge in [-0.25, -0.2) is 0 Å². The smallest absolute Gasteiger partial charge is 0.270 e. The molecule has 1 fully saturated rings. The van der Waals surface area contributed by atoms with Crippen molar-refractivity contribution >= 4 is 40.9 Å². The molecule has 0 spiro atoms. The first-order chi connectivity index (χ1) is 14.7. The van der Waals surface area contributed by atoms with Gasteiger partial charge in [0.2, 0.25) is 0 Å². The molecule has 3 rings (SSSR count). The van der Waals surface area contributed by atoms with E-state index in [2.05, 4.69) is 11.9 Å². The fourth-order valence-electron chi connectivity index (χ4n) is 3.49. The van der Waals surface area contributed by atoms with Crippen molar-refractivity contribution < 1.29 is 19.4 Å². The Morgan fingerprint density at radius 1 is 1.16 bits per heavy atom. The first-order valence-corrected chi connectivity index (χ1v) is 10.2. The molecule has 0 atom stereocenters. The SMILES string of the molecule is C=CCc1cc(/C=C2/C(=O)NC(=S)N(c3cc(C)cc(C)c3)C2=O)cc(OCC)c1O. The zero-order valence-electron chi connectivity index (χ0n) is 17.7. The van der Waals surface area contributed by atoms with Gasteiger partial charge in [-0.05, 0) is 86.4 Å². The molecule has 2 amide bonds. The van der Waals surface area contributed by atoms with Crippen LogP contribution in [0.2, 0.25) is 0 Å². The highest BCUT2D eigenvalue weighted by molar-refractivity contribution is 7.80. The van der Waals surface area contributed by atoms with Crippen molar-refractivity contribution in [2.24, 2.45) is 0 Å². The third kappa shape index (κ3) is 4.67. The Balaban J connectivity index is 2.08. The van der Waals surface area contributed by atoms with Crippen molar-refractivity contribution in [1.29, 1.82) is 0 Å². The van der Waals surface area contributed by atoms with Crippen molar-refractivity contribution in [2.75, 3.05) is 11.5 Å². The molecule has 0 aliphatic carbocycles. The van der Waals surface area contributed by atoms with Crippen molar-refractivity contribution in [3.63, 3.8) is 0 Å². The highest BCUT2D eigenvalue weighted by Crippen LogP contribution is 2.34. The van der Waals surface area contributed by atoms with Gasteiger partial charge in [-0.3, -0.25) is 19.8 Å². The van der Waals surface area contributed by atoms with Gasteiger partial charge in [0, 0.05) is 5.56 Å². The van der Waals surface area contributed by atoms with Crippen LogP contribution in [-0.4, -0.2) is 28.6 Å². The third-order valence-corrected chi connectivity index (χ3v) is 5.00. The van der Waals surface area contributed by atoms with Crippen molar-refractivity contribution in [1.82, 2.24) is 5.32 Å². The number of amides is 2. The minimum atomic E-state index is -0.577. The number of aryl methyl sites for hydroxylation is 2. The minimum Gasteiger partial charge on any atom is -0.504 e. The molecule has 31 heavy (non-hydrogen) atoms. The van der Waals surface area contributed by atoms with Crippen LogP contribution in [0.5, 0.6) is 11.5 Å². The lowest BCUT2D eigenvalue weighted by Gasteiger charge is -2.29. The van der Waals surface area contributed by atoms with Gasteiger partial charge in [-0.1, -0.05) is 12.1 Å². The number of thiocarbonyl (C=S) groups is 1. The number of benzene rings is 2. The van der Waals surface area contributed by atoms with Gasteiger partial charge in [0.15, 0.2) is 16.6 Å². The van der Waals surface area contributed by atoms with E-state index < -0.39 is 11.8 Å². The van der Waals surface area contributed by atoms with Crippen LogP contribution in [0.15, 0.2) is 48.6 Å². The molecule has 1 saturated heterocycles. The van der Waals surface area contributed by atoms with E-state index in [9.17, 15) is 14.7 Å². The Labute approximate surface area is 186 Å². The van der Waals surface area contributed by atoms with E-state index in [-0.39, 0.29) is 22.2 Å². The second-order valence-corrected chi connectivity index (χ2v) is 7.64. The Bertz CT molecular complexity index is 1100. The standard InChI is InChI=1S/C24H24N2O4S/c1-5-7-17-11-16(13-20(21(17)27)30-6-2)12-19-22(28)25-24(31)26(23(19)29)18-9-14(3)8-15(4)10-18/h5,8-13,27H,1,6-7H2,2-4H3,(H,25,28,31)/b19-12-. The number of ether oxygens (including phenoxy) is 1. The minimum absolute atomic E-state index is 0.0152. The monoisotopic (exact) mass is 436 g/mol. The van der Waals surface area contributed by atoms with E-state index >= 15 is 0 Å². The summed E-state index contributed by atoms with van der Waals surface area (Å²) in [7, 11) is 0. The Hall–Kier alpha value is -3.45. The van der Waals surface area contributed by atoms with Gasteiger partial charge < -0.3 is 9.84 Å². The number of aromatic hydroxyl groups is 1. The van der Waals surface area contributed by atoms with Crippen molar-refractivity contribution in [3.8, 4) is 11.5 Å². The second-order valence-electron chi connectivity index (χ2n) is 7.26. The summed E-state index contributed by atoms with van der Waals surface area (Å²) in [4.78, 5) is 27.2. The van der Waals surface area contributed by atoms with Gasteiger partial charge >= 0.3 is 0 Å². The first kappa shape index (κ1) is 22.2. The van der Waals surface area contributed by atoms with Crippen LogP contribution in [0.1, 0.15) is 29.2 Å². The molecule has 1 aliphatic heterocycles. The van der Waals surface area contributed by atoms with Crippen LogP contribution < -0.4 is 15.0 Å². The average Bonchev–Trinajstić information content (AvgIpc) is 2.68. The predicted molar refractivity (Wildman–Crippen MR) is 125 cm³/mol. The topological polar surface area (TPSA) is 78.9 Å². The number of carbonyl (C=O) groups excluding carboxylic acids is 2. The summed E-state index contributed by atoms with van der Waals surface area (Å²) in [6.07, 6.45) is 3.53. The maximum atomic E-state index is 13.3. The normalized spacial score (nSPS) is 15.3. The van der Waals surface area contributed by atoms with Crippen molar-refractivity contribution in [3.05, 3.63) is 70.8 Å². The molecule has 2 aromatic carbocycles. The Kier molecular flexibility index (Phi) is 6.56. The zero-order valence-corrected chi connectivity index (χ0v) is 18.5. The van der Waals surface area contributed by atoms with E-state index in [1.165, 1.54) is 11.0 Å². The third-order valence-electron chi connectivity index (χ3n) is 4.72. The highest BCUT2D eigenvalue weighted by atomic mass is 32.1. The van der Waals surface area contributed by atoms with Gasteiger partial charge in [0.1, 0.15) is 5.57 Å². The predicted octanol–water partition coefficient (Wildman–Crippen LogP) is 3.97. The second kappa shape index (κ2) is 9.14. The number of carbonyl (C=O) groups is 2. The zero-order chi connectivity index (χ0) is 22.7. The molecule has 0 bridgehead atoms. The molecular formula is C24H24N2O4S. The summed E-state index contributed by atoms with van der Waals surface area (Å²) in [5, 5.41) is 13.0. The molecule has 7 heteroatoms. The van der Waals surface area contributed by atoms with Gasteiger partial charge in [0.05, 0.1) is 12.3 Å². The summed E-state index contributed by atoms with van der Waals surface area (Å²) in [6, 6.07) is 8.95. The van der Waals surface area contributed by atoms with Gasteiger partial charge in [-0.15, -0.1) is 6.58 Å². The number of anilines is 1. The van der Waals surface area contributed by atoms with E-state index in [1.54, 1.807) is 25.1 Å². The summed E-state index contributed by atoms with van der Waals surface area (Å²) in [6.45, 7) is 9.72. The van der Waals surface area contributed by atoms with E-state index in [1.807, 2.05) is 32.0 Å². The Morgan fingerprint density at radius 2 is 1.84 bits per heavy atom. The molecular weight excluding hydrogens is 412 g/mol. The number of rotatable bonds is 6. The highest BCUT2D eigenvalue weighted by Gasteiger charge is 2.34. The largest absolute Gasteiger partial charge is 0.504 e. The lowest BCUT2D eigenvalue weighted by atomic mass is 10.0. The number of phenols is 1. The average molecular weight is 437 g/mol. The Morgan fingerprint density at radius 3 is 2.45 bits per heavy atom. The van der Waals surface area contributed by atoms with Crippen LogP contribution in [0.4, 0.5) is 5.69 Å². The molecule has 2 N–H and O–H groups in total. The number of allylic oxidation sites excluding steroid dienone is 1. The van der Waals surface area contributed by atoms with Crippen LogP contribution in [-0.2, 0) is 16.0 Å². The van der Waals surface area contributed by atoms with Crippen LogP contribution >= 0.6 is 12.2 Å². The summed E-state index contributed by atoms with van der Waals surface area (Å²) in [5.74, 6) is -0.803. The molecule has 0 radical (unpaired) electrons. The van der Waals surface area contributed by atoms with E-state index in [0.29, 0.717) is 29.8 Å². The molecule has 0 aromatic heterocycles. The van der Waals surface area contributed by atoms with Gasteiger partial charge in [0.25, 0.3) is 11.8 Å². The number of nitrogens with zero attached hydrogens (tertiary/aromatic N) is 1. The number of nitrogens with one attached hydrogen (secondary N) is 1. The maximum Gasteiger partial charge on any atom is 0.270 e. The first-order valence-electron chi connectivity index (χ1n) is 9.84. The fourth-order valence-corrected chi connectivity index (χ4v) is 3.77. The molecule has 2 aromatic rings. The molecule has 1 aliphatic rings. The quantitative estimate of drug-likeness (QED) is 0.310. The van der Waals surface area contributed by atoms with Crippen LogP contribution in [0.25, 0.3) is 6.08 Å². The summed E-state index contributed by atoms with van der Waals surface area (Å²) in [5.41, 5.74) is 3.60. The van der Waals surface area contributed by atoms with Crippen LogP contribution in [0, 0.1) is 13.8 Å². The van der Waals surface area contributed by atoms with Crippen molar-refractivity contribution in [2.45, 2.75) is 27.2 Å². The summed E-state index contributed by atoms with van der Waals surface area (Å²) < 4.78 is 5.51. The van der Waals surface area contributed by atoms with Gasteiger partial charge in [-0.2, -0.15) is 0 Å². The lowest BCUT2D eigenvalue weighted by molar-refractivity contribution is -0.122. The lowest BCUT2D eigenvalue weighted by Crippen LogP contribution is -2.54. The maximum absolute atomic E-state index is 13.3. The molecule has 160 valence electrons. The van der Waals surface area contributed by atoms with Crippen LogP contribution in [0.3, 0.4) is 0 Å². The van der Waals surface area contributed by atoms with E-state index in [0.717, 1.165) is 11.1 Å². The number of hydrogen-bond acceptors (Lipinski definition) is 5. The summed E-state index contributed by atoms with van der Waals surface area (Å²) >= 11 is 5.28. The molecule has 0 saturated carbocycles. The molecule has 0 unspecified atom stereocenters. The number of hydrogen-bond donors (Lipinski definition) is 2. The number of phenolic OH excluding ortho intramolecular Hbond substituents is 1. The molecule has 6 nitrogen and oxygen atoms in total. The molecule has 1 heterocycles.